The van der Waals surface area contributed by atoms with Gasteiger partial charge in [-0.15, -0.1) is 0 Å². The molecule has 0 radical (unpaired) electrons. The molecule has 2 N–H and O–H groups in total. The molecule has 1 aromatic heterocycles. The molecule has 0 aliphatic carbocycles. The van der Waals surface area contributed by atoms with Gasteiger partial charge in [0.15, 0.2) is 5.03 Å². The number of aromatic nitrogens is 2. The van der Waals surface area contributed by atoms with E-state index in [0.29, 0.717) is 19.1 Å². The van der Waals surface area contributed by atoms with Gasteiger partial charge < -0.3 is 5.32 Å². The molecule has 0 spiro atoms. The Morgan fingerprint density at radius 2 is 2.00 bits per heavy atom. The van der Waals surface area contributed by atoms with Crippen LogP contribution in [-0.4, -0.2) is 73.1 Å². The van der Waals surface area contributed by atoms with Crippen LogP contribution in [0.4, 0.5) is 0 Å². The fourth-order valence-corrected chi connectivity index (χ4v) is 3.83. The Balaban J connectivity index is 1.62. The molecule has 18 heavy (non-hydrogen) atoms. The topological polar surface area (TPSA) is 81.3 Å². The average Bonchev–Trinajstić information content (AvgIpc) is 2.82. The summed E-state index contributed by atoms with van der Waals surface area (Å²) in [6, 6.07) is 1.86. The van der Waals surface area contributed by atoms with Gasteiger partial charge in [0.25, 0.3) is 10.0 Å². The molecule has 0 unspecified atom stereocenters. The molecular weight excluding hydrogens is 254 g/mol. The Kier molecular flexibility index (Phi) is 3.10. The lowest BCUT2D eigenvalue weighted by Gasteiger charge is -2.45. The molecule has 7 nitrogen and oxygen atoms in total. The van der Waals surface area contributed by atoms with E-state index in [-0.39, 0.29) is 5.03 Å². The van der Waals surface area contributed by atoms with Crippen molar-refractivity contribution in [3.8, 4) is 0 Å². The van der Waals surface area contributed by atoms with Gasteiger partial charge >= 0.3 is 0 Å². The summed E-state index contributed by atoms with van der Waals surface area (Å²) in [7, 11) is -3.36. The minimum Gasteiger partial charge on any atom is -0.314 e. The van der Waals surface area contributed by atoms with E-state index in [9.17, 15) is 8.42 Å². The summed E-state index contributed by atoms with van der Waals surface area (Å²) in [5, 5.41) is 9.68. The van der Waals surface area contributed by atoms with Crippen molar-refractivity contribution in [1.82, 2.24) is 24.7 Å². The predicted octanol–water partition coefficient (Wildman–Crippen LogP) is -1.31. The monoisotopic (exact) mass is 271 g/mol. The molecule has 2 aliphatic heterocycles. The summed E-state index contributed by atoms with van der Waals surface area (Å²) < 4.78 is 25.8. The molecular formula is C10H17N5O2S. The van der Waals surface area contributed by atoms with Crippen LogP contribution in [-0.2, 0) is 10.0 Å². The standard InChI is InChI=1S/C10H17N5O2S/c16-18(17,10-1-2-12-13-10)15-7-9(8-15)14-5-3-11-4-6-14/h1-2,9,11H,3-8H2,(H,12,13). The fraction of sp³-hybridized carbons (Fsp3) is 0.700. The van der Waals surface area contributed by atoms with E-state index >= 15 is 0 Å². The Morgan fingerprint density at radius 1 is 1.28 bits per heavy atom. The van der Waals surface area contributed by atoms with Crippen LogP contribution >= 0.6 is 0 Å². The molecule has 8 heteroatoms. The van der Waals surface area contributed by atoms with Crippen molar-refractivity contribution < 1.29 is 8.42 Å². The number of H-pyrrole nitrogens is 1. The maximum atomic E-state index is 12.1. The second-order valence-electron chi connectivity index (χ2n) is 4.68. The minimum absolute atomic E-state index is 0.182. The zero-order chi connectivity index (χ0) is 12.6. The second kappa shape index (κ2) is 4.61. The van der Waals surface area contributed by atoms with Gasteiger partial charge in [0.2, 0.25) is 0 Å². The predicted molar refractivity (Wildman–Crippen MR) is 65.6 cm³/mol. The molecule has 0 bridgehead atoms. The summed E-state index contributed by atoms with van der Waals surface area (Å²) >= 11 is 0. The van der Waals surface area contributed by atoms with Gasteiger partial charge in [-0.3, -0.25) is 10.00 Å². The van der Waals surface area contributed by atoms with Gasteiger partial charge in [-0.05, 0) is 6.07 Å². The highest BCUT2D eigenvalue weighted by Gasteiger charge is 2.40. The van der Waals surface area contributed by atoms with Crippen molar-refractivity contribution in [2.24, 2.45) is 0 Å². The van der Waals surface area contributed by atoms with E-state index in [1.54, 1.807) is 0 Å². The Bertz CT molecular complexity index is 488. The van der Waals surface area contributed by atoms with Gasteiger partial charge in [0, 0.05) is 45.3 Å². The van der Waals surface area contributed by atoms with E-state index in [1.165, 1.54) is 16.6 Å². The normalized spacial score (nSPS) is 24.0. The lowest BCUT2D eigenvalue weighted by Crippen LogP contribution is -2.63. The van der Waals surface area contributed by atoms with Crippen molar-refractivity contribution in [2.75, 3.05) is 39.3 Å². The highest BCUT2D eigenvalue weighted by Crippen LogP contribution is 2.23. The molecule has 0 amide bonds. The van der Waals surface area contributed by atoms with Crippen LogP contribution in [0, 0.1) is 0 Å². The average molecular weight is 271 g/mol. The van der Waals surface area contributed by atoms with Crippen LogP contribution in [0.1, 0.15) is 0 Å². The number of piperazine rings is 1. The summed E-state index contributed by atoms with van der Waals surface area (Å²) in [6.45, 7) is 5.15. The van der Waals surface area contributed by atoms with Gasteiger partial charge in [0.1, 0.15) is 0 Å². The van der Waals surface area contributed by atoms with E-state index in [1.807, 2.05) is 0 Å². The molecule has 2 aliphatic rings. The Morgan fingerprint density at radius 3 is 2.61 bits per heavy atom. The summed E-state index contributed by atoms with van der Waals surface area (Å²) in [4.78, 5) is 2.36. The minimum atomic E-state index is -3.36. The van der Waals surface area contributed by atoms with Crippen LogP contribution in [0.25, 0.3) is 0 Å². The molecule has 2 saturated heterocycles. The summed E-state index contributed by atoms with van der Waals surface area (Å²) in [5.41, 5.74) is 0. The van der Waals surface area contributed by atoms with Crippen LogP contribution in [0.2, 0.25) is 0 Å². The molecule has 0 aromatic carbocycles. The van der Waals surface area contributed by atoms with Crippen LogP contribution in [0.3, 0.4) is 0 Å². The third-order valence-corrected chi connectivity index (χ3v) is 5.35. The molecule has 3 rings (SSSR count). The van der Waals surface area contributed by atoms with Crippen molar-refractivity contribution in [2.45, 2.75) is 11.1 Å². The number of rotatable bonds is 3. The highest BCUT2D eigenvalue weighted by atomic mass is 32.2. The molecule has 1 aromatic rings. The summed E-state index contributed by atoms with van der Waals surface area (Å²) in [5.74, 6) is 0. The fourth-order valence-electron chi connectivity index (χ4n) is 2.42. The molecule has 0 saturated carbocycles. The SMILES string of the molecule is O=S(=O)(c1ccn[nH]1)N1CC(N2CCNCC2)C1. The first-order valence-corrected chi connectivity index (χ1v) is 7.56. The van der Waals surface area contributed by atoms with Gasteiger partial charge in [-0.25, -0.2) is 8.42 Å². The zero-order valence-corrected chi connectivity index (χ0v) is 10.9. The van der Waals surface area contributed by atoms with Crippen LogP contribution in [0.5, 0.6) is 0 Å². The first-order chi connectivity index (χ1) is 8.68. The quantitative estimate of drug-likeness (QED) is 0.713. The van der Waals surface area contributed by atoms with Crippen molar-refractivity contribution in [3.63, 3.8) is 0 Å². The van der Waals surface area contributed by atoms with Crippen molar-refractivity contribution in [3.05, 3.63) is 12.3 Å². The molecule has 3 heterocycles. The number of sulfonamides is 1. The van der Waals surface area contributed by atoms with Gasteiger partial charge in [-0.2, -0.15) is 9.40 Å². The first kappa shape index (κ1) is 12.1. The molecule has 100 valence electrons. The zero-order valence-electron chi connectivity index (χ0n) is 10.0. The maximum absolute atomic E-state index is 12.1. The Labute approximate surface area is 106 Å². The number of nitrogens with one attached hydrogen (secondary N) is 2. The number of nitrogens with zero attached hydrogens (tertiary/aromatic N) is 3. The van der Waals surface area contributed by atoms with E-state index in [4.69, 9.17) is 0 Å². The van der Waals surface area contributed by atoms with E-state index < -0.39 is 10.0 Å². The lowest BCUT2D eigenvalue weighted by molar-refractivity contribution is 0.0772. The van der Waals surface area contributed by atoms with Gasteiger partial charge in [-0.1, -0.05) is 0 Å². The van der Waals surface area contributed by atoms with Crippen molar-refractivity contribution >= 4 is 10.0 Å². The van der Waals surface area contributed by atoms with Crippen LogP contribution < -0.4 is 5.32 Å². The van der Waals surface area contributed by atoms with E-state index in [0.717, 1.165) is 26.2 Å². The molecule has 2 fully saturated rings. The van der Waals surface area contributed by atoms with E-state index in [2.05, 4.69) is 20.4 Å². The third-order valence-electron chi connectivity index (χ3n) is 3.59. The first-order valence-electron chi connectivity index (χ1n) is 6.12. The number of aromatic amines is 1. The third kappa shape index (κ3) is 2.05. The maximum Gasteiger partial charge on any atom is 0.260 e. The highest BCUT2D eigenvalue weighted by molar-refractivity contribution is 7.89. The lowest BCUT2D eigenvalue weighted by atomic mass is 10.1. The van der Waals surface area contributed by atoms with Crippen LogP contribution in [0.15, 0.2) is 17.3 Å². The number of hydrogen-bond donors (Lipinski definition) is 2. The van der Waals surface area contributed by atoms with Crippen molar-refractivity contribution in [1.29, 1.82) is 0 Å². The summed E-state index contributed by atoms with van der Waals surface area (Å²) in [6.07, 6.45) is 1.46. The Hall–Kier alpha value is -0.960. The molecule has 0 atom stereocenters. The largest absolute Gasteiger partial charge is 0.314 e. The smallest absolute Gasteiger partial charge is 0.260 e. The van der Waals surface area contributed by atoms with Gasteiger partial charge in [0.05, 0.1) is 6.20 Å². The number of hydrogen-bond acceptors (Lipinski definition) is 5. The second-order valence-corrected chi connectivity index (χ2v) is 6.59.